The van der Waals surface area contributed by atoms with Crippen LogP contribution in [0.5, 0.6) is 0 Å². The summed E-state index contributed by atoms with van der Waals surface area (Å²) in [7, 11) is 0. The lowest BCUT2D eigenvalue weighted by Gasteiger charge is -2.17. The van der Waals surface area contributed by atoms with Crippen LogP contribution in [0.25, 0.3) is 0 Å². The Morgan fingerprint density at radius 3 is 2.56 bits per heavy atom. The number of likely N-dealkylation sites (N-methyl/N-ethyl adjacent to an activating group) is 1. The van der Waals surface area contributed by atoms with Gasteiger partial charge in [0.05, 0.1) is 0 Å². The predicted molar refractivity (Wildman–Crippen MR) is 71.5 cm³/mol. The minimum Gasteiger partial charge on any atom is -0.399 e. The topological polar surface area (TPSA) is 29.3 Å². The molecule has 88 valence electrons. The summed E-state index contributed by atoms with van der Waals surface area (Å²) in [6, 6.07) is 8.16. The van der Waals surface area contributed by atoms with E-state index in [-0.39, 0.29) is 0 Å². The van der Waals surface area contributed by atoms with Gasteiger partial charge in [-0.25, -0.2) is 0 Å². The first kappa shape index (κ1) is 12.8. The largest absolute Gasteiger partial charge is 0.399 e. The Morgan fingerprint density at radius 2 is 2.00 bits per heavy atom. The maximum Gasteiger partial charge on any atom is 0.0314 e. The van der Waals surface area contributed by atoms with E-state index in [0.29, 0.717) is 0 Å². The minimum absolute atomic E-state index is 0.839. The Labute approximate surface area is 98.8 Å². The molecule has 0 aliphatic rings. The van der Waals surface area contributed by atoms with Crippen LogP contribution in [0.3, 0.4) is 0 Å². The van der Waals surface area contributed by atoms with Crippen LogP contribution in [-0.2, 0) is 6.42 Å². The Bertz CT molecular complexity index is 303. The van der Waals surface area contributed by atoms with Crippen LogP contribution in [0.1, 0.15) is 18.9 Å². The van der Waals surface area contributed by atoms with Gasteiger partial charge in [0, 0.05) is 12.2 Å². The SMILES string of the molecule is C=CCN(CC)CCCc1ccc(N)cc1. The number of nitrogens with zero attached hydrogens (tertiary/aromatic N) is 1. The maximum atomic E-state index is 5.65. The second-order valence-corrected chi connectivity index (χ2v) is 4.03. The number of hydrogen-bond donors (Lipinski definition) is 1. The first-order valence-corrected chi connectivity index (χ1v) is 5.94. The Kier molecular flexibility index (Phi) is 5.65. The number of nitrogen functional groups attached to an aromatic ring is 1. The van der Waals surface area contributed by atoms with E-state index in [4.69, 9.17) is 5.73 Å². The van der Waals surface area contributed by atoms with Crippen molar-refractivity contribution >= 4 is 5.69 Å². The average Bonchev–Trinajstić information content (AvgIpc) is 2.30. The lowest BCUT2D eigenvalue weighted by atomic mass is 10.1. The van der Waals surface area contributed by atoms with E-state index >= 15 is 0 Å². The molecule has 0 radical (unpaired) electrons. The molecule has 0 saturated carbocycles. The van der Waals surface area contributed by atoms with Crippen molar-refractivity contribution in [2.45, 2.75) is 19.8 Å². The van der Waals surface area contributed by atoms with Gasteiger partial charge in [0.25, 0.3) is 0 Å². The van der Waals surface area contributed by atoms with Gasteiger partial charge in [-0.3, -0.25) is 4.90 Å². The summed E-state index contributed by atoms with van der Waals surface area (Å²) in [5, 5.41) is 0. The summed E-state index contributed by atoms with van der Waals surface area (Å²) < 4.78 is 0. The quantitative estimate of drug-likeness (QED) is 0.563. The zero-order valence-corrected chi connectivity index (χ0v) is 10.2. The van der Waals surface area contributed by atoms with E-state index in [2.05, 4.69) is 30.5 Å². The van der Waals surface area contributed by atoms with Crippen LogP contribution in [0.2, 0.25) is 0 Å². The molecule has 0 unspecified atom stereocenters. The lowest BCUT2D eigenvalue weighted by Crippen LogP contribution is -2.24. The van der Waals surface area contributed by atoms with Crippen LogP contribution in [0.15, 0.2) is 36.9 Å². The molecule has 0 aromatic heterocycles. The standard InChI is InChI=1S/C14H22N2/c1-3-11-16(4-2)12-5-6-13-7-9-14(15)10-8-13/h3,7-10H,1,4-6,11-12,15H2,2H3. The molecule has 0 spiro atoms. The molecule has 2 N–H and O–H groups in total. The summed E-state index contributed by atoms with van der Waals surface area (Å²) in [6.45, 7) is 9.16. The highest BCUT2D eigenvalue weighted by molar-refractivity contribution is 5.39. The number of hydrogen-bond acceptors (Lipinski definition) is 2. The molecule has 1 aromatic rings. The Balaban J connectivity index is 2.29. The summed E-state index contributed by atoms with van der Waals surface area (Å²) >= 11 is 0. The number of nitrogens with two attached hydrogens (primary N) is 1. The third-order valence-electron chi connectivity index (χ3n) is 2.75. The van der Waals surface area contributed by atoms with Crippen molar-refractivity contribution in [1.82, 2.24) is 4.90 Å². The van der Waals surface area contributed by atoms with Crippen LogP contribution in [0, 0.1) is 0 Å². The molecule has 0 aliphatic carbocycles. The van der Waals surface area contributed by atoms with Crippen molar-refractivity contribution in [3.05, 3.63) is 42.5 Å². The molecule has 16 heavy (non-hydrogen) atoms. The fraction of sp³-hybridized carbons (Fsp3) is 0.429. The van der Waals surface area contributed by atoms with Crippen molar-refractivity contribution in [3.8, 4) is 0 Å². The van der Waals surface area contributed by atoms with Gasteiger partial charge in [0.15, 0.2) is 0 Å². The molecule has 0 heterocycles. The molecule has 1 rings (SSSR count). The van der Waals surface area contributed by atoms with E-state index in [1.54, 1.807) is 0 Å². The second-order valence-electron chi connectivity index (χ2n) is 4.03. The van der Waals surface area contributed by atoms with Crippen molar-refractivity contribution in [2.75, 3.05) is 25.4 Å². The molecule has 2 nitrogen and oxygen atoms in total. The van der Waals surface area contributed by atoms with Gasteiger partial charge in [0.2, 0.25) is 0 Å². The highest BCUT2D eigenvalue weighted by Crippen LogP contribution is 2.08. The van der Waals surface area contributed by atoms with Crippen molar-refractivity contribution in [1.29, 1.82) is 0 Å². The molecule has 0 aliphatic heterocycles. The van der Waals surface area contributed by atoms with Gasteiger partial charge in [-0.05, 0) is 43.6 Å². The first-order chi connectivity index (χ1) is 7.76. The van der Waals surface area contributed by atoms with Gasteiger partial charge in [-0.15, -0.1) is 6.58 Å². The van der Waals surface area contributed by atoms with Crippen LogP contribution in [-0.4, -0.2) is 24.5 Å². The zero-order chi connectivity index (χ0) is 11.8. The lowest BCUT2D eigenvalue weighted by molar-refractivity contribution is 0.315. The van der Waals surface area contributed by atoms with Crippen LogP contribution in [0.4, 0.5) is 5.69 Å². The molecule has 1 aromatic carbocycles. The van der Waals surface area contributed by atoms with Gasteiger partial charge in [-0.1, -0.05) is 25.1 Å². The normalized spacial score (nSPS) is 10.6. The molecule has 0 fully saturated rings. The molecule has 0 amide bonds. The number of aryl methyl sites for hydroxylation is 1. The maximum absolute atomic E-state index is 5.65. The van der Waals surface area contributed by atoms with E-state index in [9.17, 15) is 0 Å². The van der Waals surface area contributed by atoms with E-state index < -0.39 is 0 Å². The van der Waals surface area contributed by atoms with Crippen LogP contribution < -0.4 is 5.73 Å². The molecule has 2 heteroatoms. The smallest absolute Gasteiger partial charge is 0.0314 e. The predicted octanol–water partition coefficient (Wildman–Crippen LogP) is 2.71. The van der Waals surface area contributed by atoms with E-state index in [0.717, 1.165) is 31.7 Å². The third kappa shape index (κ3) is 4.49. The van der Waals surface area contributed by atoms with Crippen molar-refractivity contribution < 1.29 is 0 Å². The van der Waals surface area contributed by atoms with Crippen molar-refractivity contribution in [2.24, 2.45) is 0 Å². The summed E-state index contributed by atoms with van der Waals surface area (Å²) in [4.78, 5) is 2.39. The molecule has 0 bridgehead atoms. The number of rotatable bonds is 7. The second kappa shape index (κ2) is 7.07. The van der Waals surface area contributed by atoms with Crippen molar-refractivity contribution in [3.63, 3.8) is 0 Å². The highest BCUT2D eigenvalue weighted by atomic mass is 15.1. The first-order valence-electron chi connectivity index (χ1n) is 5.94. The molecule has 0 atom stereocenters. The zero-order valence-electron chi connectivity index (χ0n) is 10.2. The number of anilines is 1. The Morgan fingerprint density at radius 1 is 1.31 bits per heavy atom. The van der Waals surface area contributed by atoms with Gasteiger partial charge in [0.1, 0.15) is 0 Å². The molecular formula is C14H22N2. The molecular weight excluding hydrogens is 196 g/mol. The average molecular weight is 218 g/mol. The third-order valence-corrected chi connectivity index (χ3v) is 2.75. The highest BCUT2D eigenvalue weighted by Gasteiger charge is 1.99. The van der Waals surface area contributed by atoms with Gasteiger partial charge in [-0.2, -0.15) is 0 Å². The summed E-state index contributed by atoms with van der Waals surface area (Å²) in [6.07, 6.45) is 4.27. The summed E-state index contributed by atoms with van der Waals surface area (Å²) in [5.74, 6) is 0. The fourth-order valence-corrected chi connectivity index (χ4v) is 1.75. The van der Waals surface area contributed by atoms with E-state index in [1.807, 2.05) is 18.2 Å². The van der Waals surface area contributed by atoms with Gasteiger partial charge >= 0.3 is 0 Å². The van der Waals surface area contributed by atoms with Gasteiger partial charge < -0.3 is 5.73 Å². The van der Waals surface area contributed by atoms with E-state index in [1.165, 1.54) is 12.0 Å². The minimum atomic E-state index is 0.839. The molecule has 0 saturated heterocycles. The monoisotopic (exact) mass is 218 g/mol. The summed E-state index contributed by atoms with van der Waals surface area (Å²) in [5.41, 5.74) is 7.85. The fourth-order valence-electron chi connectivity index (χ4n) is 1.75. The Hall–Kier alpha value is -1.28. The number of benzene rings is 1. The van der Waals surface area contributed by atoms with Crippen LogP contribution >= 0.6 is 0 Å².